The van der Waals surface area contributed by atoms with Gasteiger partial charge in [0.1, 0.15) is 6.61 Å². The minimum atomic E-state index is -0.287. The van der Waals surface area contributed by atoms with Crippen molar-refractivity contribution >= 4 is 11.8 Å². The van der Waals surface area contributed by atoms with Crippen molar-refractivity contribution in [3.8, 4) is 0 Å². The van der Waals surface area contributed by atoms with E-state index in [-0.39, 0.29) is 24.3 Å². The summed E-state index contributed by atoms with van der Waals surface area (Å²) in [4.78, 5) is 24.4. The van der Waals surface area contributed by atoms with Crippen LogP contribution < -0.4 is 5.73 Å². The normalized spacial score (nSPS) is 19.2. The summed E-state index contributed by atoms with van der Waals surface area (Å²) in [6.07, 6.45) is 4.54. The van der Waals surface area contributed by atoms with Crippen LogP contribution in [0.4, 0.5) is 0 Å². The minimum Gasteiger partial charge on any atom is -0.372 e. The molecule has 0 aromatic carbocycles. The molecule has 1 rings (SSSR count). The van der Waals surface area contributed by atoms with E-state index in [0.717, 1.165) is 32.2 Å². The third-order valence-electron chi connectivity index (χ3n) is 3.25. The lowest BCUT2D eigenvalue weighted by molar-refractivity contribution is -0.135. The molecule has 1 aliphatic heterocycles. The van der Waals surface area contributed by atoms with Crippen LogP contribution in [0.25, 0.3) is 0 Å². The van der Waals surface area contributed by atoms with Crippen LogP contribution in [0.2, 0.25) is 0 Å². The first kappa shape index (κ1) is 15.0. The average molecular weight is 256 g/mol. The van der Waals surface area contributed by atoms with Crippen molar-refractivity contribution < 1.29 is 14.3 Å². The van der Waals surface area contributed by atoms with Gasteiger partial charge in [-0.15, -0.1) is 0 Å². The average Bonchev–Trinajstić information content (AvgIpc) is 2.76. The summed E-state index contributed by atoms with van der Waals surface area (Å²) in [5.41, 5.74) is 5.15. The van der Waals surface area contributed by atoms with E-state index in [4.69, 9.17) is 10.5 Å². The quantitative estimate of drug-likeness (QED) is 0.656. The van der Waals surface area contributed by atoms with Crippen LogP contribution in [-0.2, 0) is 14.3 Å². The Labute approximate surface area is 109 Å². The molecule has 1 saturated heterocycles. The standard InChI is InChI=1S/C13H24N2O3/c1-2-3-4-7-18-10-13(17)15-6-5-11(9-15)8-12(14)16/h11H,2-10H2,1H3,(H2,14,16). The van der Waals surface area contributed by atoms with Gasteiger partial charge >= 0.3 is 0 Å². The minimum absolute atomic E-state index is 0.0264. The number of unbranched alkanes of at least 4 members (excludes halogenated alkanes) is 2. The van der Waals surface area contributed by atoms with Crippen molar-refractivity contribution in [2.45, 2.75) is 39.0 Å². The molecule has 0 aromatic heterocycles. The molecular formula is C13H24N2O3. The maximum atomic E-state index is 11.8. The van der Waals surface area contributed by atoms with Crippen molar-refractivity contribution in [2.24, 2.45) is 11.7 Å². The molecule has 0 spiro atoms. The van der Waals surface area contributed by atoms with Gasteiger partial charge < -0.3 is 15.4 Å². The Bertz CT molecular complexity index is 281. The van der Waals surface area contributed by atoms with Gasteiger partial charge in [0.25, 0.3) is 0 Å². The first-order valence-corrected chi connectivity index (χ1v) is 6.77. The second-order valence-electron chi connectivity index (χ2n) is 4.92. The molecule has 1 fully saturated rings. The van der Waals surface area contributed by atoms with Gasteiger partial charge in [-0.1, -0.05) is 19.8 Å². The van der Waals surface area contributed by atoms with Crippen molar-refractivity contribution in [1.29, 1.82) is 0 Å². The number of primary amides is 1. The Morgan fingerprint density at radius 2 is 2.17 bits per heavy atom. The van der Waals surface area contributed by atoms with Crippen LogP contribution in [-0.4, -0.2) is 43.0 Å². The number of hydrogen-bond acceptors (Lipinski definition) is 3. The fourth-order valence-corrected chi connectivity index (χ4v) is 2.22. The maximum Gasteiger partial charge on any atom is 0.248 e. The zero-order valence-electron chi connectivity index (χ0n) is 11.2. The van der Waals surface area contributed by atoms with Crippen molar-refractivity contribution in [3.63, 3.8) is 0 Å². The van der Waals surface area contributed by atoms with Gasteiger partial charge in [0, 0.05) is 26.1 Å². The van der Waals surface area contributed by atoms with E-state index in [1.54, 1.807) is 4.90 Å². The second kappa shape index (κ2) is 8.08. The Morgan fingerprint density at radius 1 is 1.39 bits per heavy atom. The molecule has 1 unspecified atom stereocenters. The Hall–Kier alpha value is -1.10. The first-order chi connectivity index (χ1) is 8.63. The summed E-state index contributed by atoms with van der Waals surface area (Å²) in [5, 5.41) is 0. The Kier molecular flexibility index (Phi) is 6.72. The molecule has 2 amide bonds. The van der Waals surface area contributed by atoms with Crippen molar-refractivity contribution in [3.05, 3.63) is 0 Å². The highest BCUT2D eigenvalue weighted by Crippen LogP contribution is 2.19. The number of ether oxygens (including phenoxy) is 1. The van der Waals surface area contributed by atoms with Crippen LogP contribution in [0.1, 0.15) is 39.0 Å². The maximum absolute atomic E-state index is 11.8. The molecule has 0 saturated carbocycles. The lowest BCUT2D eigenvalue weighted by atomic mass is 10.1. The van der Waals surface area contributed by atoms with E-state index in [2.05, 4.69) is 6.92 Å². The molecule has 18 heavy (non-hydrogen) atoms. The van der Waals surface area contributed by atoms with Crippen LogP contribution in [0, 0.1) is 5.92 Å². The molecule has 0 aliphatic carbocycles. The Balaban J connectivity index is 2.13. The zero-order valence-corrected chi connectivity index (χ0v) is 11.2. The van der Waals surface area contributed by atoms with E-state index in [0.29, 0.717) is 19.6 Å². The molecule has 1 atom stereocenters. The fourth-order valence-electron chi connectivity index (χ4n) is 2.22. The number of rotatable bonds is 8. The second-order valence-corrected chi connectivity index (χ2v) is 4.92. The van der Waals surface area contributed by atoms with E-state index in [1.807, 2.05) is 0 Å². The number of carbonyl (C=O) groups excluding carboxylic acids is 2. The predicted octanol–water partition coefficient (Wildman–Crippen LogP) is 0.917. The predicted molar refractivity (Wildman–Crippen MR) is 68.8 cm³/mol. The van der Waals surface area contributed by atoms with Gasteiger partial charge in [0.2, 0.25) is 11.8 Å². The van der Waals surface area contributed by atoms with Gasteiger partial charge in [0.05, 0.1) is 0 Å². The SMILES string of the molecule is CCCCCOCC(=O)N1CCC(CC(N)=O)C1. The molecule has 1 heterocycles. The van der Waals surface area contributed by atoms with Gasteiger partial charge in [-0.25, -0.2) is 0 Å². The van der Waals surface area contributed by atoms with Gasteiger partial charge in [-0.3, -0.25) is 9.59 Å². The van der Waals surface area contributed by atoms with E-state index in [1.165, 1.54) is 0 Å². The van der Waals surface area contributed by atoms with Gasteiger partial charge in [0.15, 0.2) is 0 Å². The number of nitrogens with two attached hydrogens (primary N) is 1. The smallest absolute Gasteiger partial charge is 0.248 e. The van der Waals surface area contributed by atoms with Crippen LogP contribution in [0.5, 0.6) is 0 Å². The number of likely N-dealkylation sites (tertiary alicyclic amines) is 1. The Morgan fingerprint density at radius 3 is 2.83 bits per heavy atom. The lowest BCUT2D eigenvalue weighted by Gasteiger charge is -2.16. The third-order valence-corrected chi connectivity index (χ3v) is 3.25. The van der Waals surface area contributed by atoms with E-state index in [9.17, 15) is 9.59 Å². The third kappa shape index (κ3) is 5.49. The summed E-state index contributed by atoms with van der Waals surface area (Å²) < 4.78 is 5.34. The summed E-state index contributed by atoms with van der Waals surface area (Å²) in [6.45, 7) is 4.30. The number of amides is 2. The summed E-state index contributed by atoms with van der Waals surface area (Å²) in [7, 11) is 0. The zero-order chi connectivity index (χ0) is 13.4. The van der Waals surface area contributed by atoms with Gasteiger partial charge in [-0.2, -0.15) is 0 Å². The summed E-state index contributed by atoms with van der Waals surface area (Å²) >= 11 is 0. The van der Waals surface area contributed by atoms with E-state index < -0.39 is 0 Å². The number of nitrogens with zero attached hydrogens (tertiary/aromatic N) is 1. The molecule has 2 N–H and O–H groups in total. The lowest BCUT2D eigenvalue weighted by Crippen LogP contribution is -2.32. The fraction of sp³-hybridized carbons (Fsp3) is 0.846. The monoisotopic (exact) mass is 256 g/mol. The molecule has 0 aromatic rings. The topological polar surface area (TPSA) is 72.6 Å². The molecule has 1 aliphatic rings. The highest BCUT2D eigenvalue weighted by atomic mass is 16.5. The molecule has 5 nitrogen and oxygen atoms in total. The summed E-state index contributed by atoms with van der Waals surface area (Å²) in [6, 6.07) is 0. The molecule has 5 heteroatoms. The largest absolute Gasteiger partial charge is 0.372 e. The first-order valence-electron chi connectivity index (χ1n) is 6.77. The van der Waals surface area contributed by atoms with E-state index >= 15 is 0 Å². The van der Waals surface area contributed by atoms with Crippen molar-refractivity contribution in [2.75, 3.05) is 26.3 Å². The molecule has 0 radical (unpaired) electrons. The van der Waals surface area contributed by atoms with Crippen LogP contribution in [0.15, 0.2) is 0 Å². The highest BCUT2D eigenvalue weighted by molar-refractivity contribution is 5.78. The summed E-state index contributed by atoms with van der Waals surface area (Å²) in [5.74, 6) is -0.0323. The molecular weight excluding hydrogens is 232 g/mol. The van der Waals surface area contributed by atoms with Crippen LogP contribution in [0.3, 0.4) is 0 Å². The number of carbonyl (C=O) groups is 2. The molecule has 0 bridgehead atoms. The van der Waals surface area contributed by atoms with Gasteiger partial charge in [-0.05, 0) is 18.8 Å². The number of hydrogen-bond donors (Lipinski definition) is 1. The highest BCUT2D eigenvalue weighted by Gasteiger charge is 2.26. The van der Waals surface area contributed by atoms with Crippen LogP contribution >= 0.6 is 0 Å². The molecule has 104 valence electrons. The van der Waals surface area contributed by atoms with Crippen molar-refractivity contribution in [1.82, 2.24) is 4.90 Å².